The lowest BCUT2D eigenvalue weighted by Gasteiger charge is -2.07. The van der Waals surface area contributed by atoms with Crippen LogP contribution in [0.4, 0.5) is 5.82 Å². The maximum Gasteiger partial charge on any atom is 0.258 e. The summed E-state index contributed by atoms with van der Waals surface area (Å²) in [5.74, 6) is 5.35. The van der Waals surface area contributed by atoms with Crippen molar-refractivity contribution >= 4 is 11.7 Å². The predicted molar refractivity (Wildman–Crippen MR) is 79.9 cm³/mol. The maximum atomic E-state index is 12.2. The van der Waals surface area contributed by atoms with Gasteiger partial charge < -0.3 is 10.4 Å². The average Bonchev–Trinajstić information content (AvgIpc) is 2.45. The molecular formula is C16H15N3O2. The molecule has 106 valence electrons. The van der Waals surface area contributed by atoms with Gasteiger partial charge in [-0.3, -0.25) is 9.78 Å². The van der Waals surface area contributed by atoms with Crippen molar-refractivity contribution in [3.05, 3.63) is 53.0 Å². The van der Waals surface area contributed by atoms with Gasteiger partial charge in [-0.2, -0.15) is 0 Å². The van der Waals surface area contributed by atoms with Crippen LogP contribution in [0.3, 0.4) is 0 Å². The van der Waals surface area contributed by atoms with Crippen LogP contribution in [0.2, 0.25) is 0 Å². The van der Waals surface area contributed by atoms with Gasteiger partial charge in [0.25, 0.3) is 5.91 Å². The number of amides is 1. The summed E-state index contributed by atoms with van der Waals surface area (Å²) in [4.78, 5) is 20.7. The molecule has 2 N–H and O–H groups in total. The summed E-state index contributed by atoms with van der Waals surface area (Å²) in [6.07, 6.45) is 0. The second-order valence-corrected chi connectivity index (χ2v) is 4.41. The van der Waals surface area contributed by atoms with Gasteiger partial charge in [0.15, 0.2) is 0 Å². The highest BCUT2D eigenvalue weighted by molar-refractivity contribution is 6.04. The Labute approximate surface area is 123 Å². The molecule has 0 aliphatic heterocycles. The smallest absolute Gasteiger partial charge is 0.258 e. The molecule has 5 heteroatoms. The molecule has 0 unspecified atom stereocenters. The lowest BCUT2D eigenvalue weighted by Crippen LogP contribution is -2.15. The van der Waals surface area contributed by atoms with E-state index in [0.717, 1.165) is 5.69 Å². The quantitative estimate of drug-likeness (QED) is 0.821. The van der Waals surface area contributed by atoms with E-state index in [2.05, 4.69) is 27.1 Å². The van der Waals surface area contributed by atoms with E-state index in [-0.39, 0.29) is 12.5 Å². The third-order valence-electron chi connectivity index (χ3n) is 2.76. The molecular weight excluding hydrogens is 266 g/mol. The van der Waals surface area contributed by atoms with Crippen molar-refractivity contribution in [3.63, 3.8) is 0 Å². The topological polar surface area (TPSA) is 75.1 Å². The molecule has 0 aliphatic carbocycles. The summed E-state index contributed by atoms with van der Waals surface area (Å²) in [6, 6.07) is 8.65. The lowest BCUT2D eigenvalue weighted by atomic mass is 10.1. The van der Waals surface area contributed by atoms with Crippen LogP contribution < -0.4 is 5.32 Å². The van der Waals surface area contributed by atoms with Crippen molar-refractivity contribution in [1.29, 1.82) is 0 Å². The Hall–Kier alpha value is -2.71. The summed E-state index contributed by atoms with van der Waals surface area (Å²) in [7, 11) is 0. The van der Waals surface area contributed by atoms with Gasteiger partial charge in [0.05, 0.1) is 11.3 Å². The third kappa shape index (κ3) is 3.88. The molecule has 0 aromatic carbocycles. The largest absolute Gasteiger partial charge is 0.384 e. The van der Waals surface area contributed by atoms with Crippen molar-refractivity contribution in [3.8, 4) is 11.8 Å². The van der Waals surface area contributed by atoms with Crippen LogP contribution in [0.1, 0.15) is 27.4 Å². The first-order valence-corrected chi connectivity index (χ1v) is 6.42. The van der Waals surface area contributed by atoms with Crippen molar-refractivity contribution in [2.45, 2.75) is 13.8 Å². The van der Waals surface area contributed by atoms with E-state index in [1.54, 1.807) is 37.3 Å². The molecule has 2 aromatic rings. The fourth-order valence-corrected chi connectivity index (χ4v) is 1.81. The second kappa shape index (κ2) is 6.64. The van der Waals surface area contributed by atoms with Gasteiger partial charge in [-0.1, -0.05) is 12.0 Å². The number of nitrogens with one attached hydrogen (secondary N) is 1. The number of aliphatic hydroxyl groups is 1. The molecule has 0 saturated carbocycles. The van der Waals surface area contributed by atoms with Crippen molar-refractivity contribution in [2.75, 3.05) is 11.9 Å². The number of hydrogen-bond donors (Lipinski definition) is 2. The van der Waals surface area contributed by atoms with Crippen molar-refractivity contribution in [1.82, 2.24) is 9.97 Å². The van der Waals surface area contributed by atoms with E-state index < -0.39 is 0 Å². The van der Waals surface area contributed by atoms with Crippen LogP contribution in [0.25, 0.3) is 0 Å². The van der Waals surface area contributed by atoms with E-state index in [9.17, 15) is 4.79 Å². The summed E-state index contributed by atoms with van der Waals surface area (Å²) in [5.41, 5.74) is 2.53. The van der Waals surface area contributed by atoms with Crippen LogP contribution in [0.5, 0.6) is 0 Å². The molecule has 2 rings (SSSR count). The molecule has 5 nitrogen and oxygen atoms in total. The zero-order valence-electron chi connectivity index (χ0n) is 11.8. The van der Waals surface area contributed by atoms with Gasteiger partial charge >= 0.3 is 0 Å². The zero-order chi connectivity index (χ0) is 15.2. The second-order valence-electron chi connectivity index (χ2n) is 4.41. The number of aryl methyl sites for hydroxylation is 2. The monoisotopic (exact) mass is 281 g/mol. The summed E-state index contributed by atoms with van der Waals surface area (Å²) >= 11 is 0. The highest BCUT2D eigenvalue weighted by atomic mass is 16.2. The Balaban J connectivity index is 2.19. The number of nitrogens with zero attached hydrogens (tertiary/aromatic N) is 2. The number of anilines is 1. The standard InChI is InChI=1S/C16H15N3O2/c1-11-8-9-14(12(2)17-11)16(21)19-15-7-3-5-13(18-15)6-4-10-20/h3,5,7-9,20H,10H2,1-2H3,(H,18,19,21). The summed E-state index contributed by atoms with van der Waals surface area (Å²) in [5, 5.41) is 11.4. The van der Waals surface area contributed by atoms with Crippen LogP contribution in [-0.4, -0.2) is 27.6 Å². The SMILES string of the molecule is Cc1ccc(C(=O)Nc2cccc(C#CCO)n2)c(C)n1. The molecule has 1 amide bonds. The van der Waals surface area contributed by atoms with E-state index in [1.807, 2.05) is 6.92 Å². The minimum absolute atomic E-state index is 0.230. The number of pyridine rings is 2. The number of carbonyl (C=O) groups excluding carboxylic acids is 1. The molecule has 0 bridgehead atoms. The maximum absolute atomic E-state index is 12.2. The highest BCUT2D eigenvalue weighted by Gasteiger charge is 2.10. The normalized spacial score (nSPS) is 9.67. The molecule has 21 heavy (non-hydrogen) atoms. The molecule has 2 heterocycles. The lowest BCUT2D eigenvalue weighted by molar-refractivity contribution is 0.102. The fourth-order valence-electron chi connectivity index (χ4n) is 1.81. The molecule has 0 radical (unpaired) electrons. The van der Waals surface area contributed by atoms with Gasteiger partial charge in [-0.15, -0.1) is 0 Å². The van der Waals surface area contributed by atoms with E-state index in [4.69, 9.17) is 5.11 Å². The molecule has 0 spiro atoms. The first-order valence-electron chi connectivity index (χ1n) is 6.42. The first-order chi connectivity index (χ1) is 10.1. The van der Waals surface area contributed by atoms with Gasteiger partial charge in [0.2, 0.25) is 0 Å². The van der Waals surface area contributed by atoms with E-state index in [0.29, 0.717) is 22.8 Å². The van der Waals surface area contributed by atoms with Gasteiger partial charge in [0, 0.05) is 5.69 Å². The molecule has 0 aliphatic rings. The molecule has 0 atom stereocenters. The third-order valence-corrected chi connectivity index (χ3v) is 2.76. The van der Waals surface area contributed by atoms with Crippen LogP contribution in [-0.2, 0) is 0 Å². The summed E-state index contributed by atoms with van der Waals surface area (Å²) < 4.78 is 0. The number of hydrogen-bond acceptors (Lipinski definition) is 4. The number of aromatic nitrogens is 2. The summed E-state index contributed by atoms with van der Waals surface area (Å²) in [6.45, 7) is 3.44. The Morgan fingerprint density at radius 1 is 1.24 bits per heavy atom. The predicted octanol–water partition coefficient (Wildman–Crippen LogP) is 1.69. The van der Waals surface area contributed by atoms with Crippen LogP contribution >= 0.6 is 0 Å². The van der Waals surface area contributed by atoms with Crippen molar-refractivity contribution < 1.29 is 9.90 Å². The van der Waals surface area contributed by atoms with E-state index >= 15 is 0 Å². The molecule has 2 aromatic heterocycles. The Kier molecular flexibility index (Phi) is 4.64. The van der Waals surface area contributed by atoms with Gasteiger partial charge in [-0.25, -0.2) is 4.98 Å². The molecule has 0 saturated heterocycles. The zero-order valence-corrected chi connectivity index (χ0v) is 11.8. The minimum Gasteiger partial charge on any atom is -0.384 e. The highest BCUT2D eigenvalue weighted by Crippen LogP contribution is 2.10. The van der Waals surface area contributed by atoms with Crippen molar-refractivity contribution in [2.24, 2.45) is 0 Å². The Bertz CT molecular complexity index is 730. The Morgan fingerprint density at radius 2 is 2.05 bits per heavy atom. The minimum atomic E-state index is -0.264. The molecule has 0 fully saturated rings. The number of rotatable bonds is 2. The van der Waals surface area contributed by atoms with E-state index in [1.165, 1.54) is 0 Å². The fraction of sp³-hybridized carbons (Fsp3) is 0.188. The number of aliphatic hydroxyl groups excluding tert-OH is 1. The van der Waals surface area contributed by atoms with Crippen LogP contribution in [0, 0.1) is 25.7 Å². The van der Waals surface area contributed by atoms with Gasteiger partial charge in [-0.05, 0) is 44.0 Å². The van der Waals surface area contributed by atoms with Gasteiger partial charge in [0.1, 0.15) is 18.1 Å². The van der Waals surface area contributed by atoms with Crippen LogP contribution in [0.15, 0.2) is 30.3 Å². The Morgan fingerprint density at radius 3 is 2.76 bits per heavy atom. The average molecular weight is 281 g/mol. The number of carbonyl (C=O) groups is 1. The first kappa shape index (κ1) is 14.7.